The zero-order valence-electron chi connectivity index (χ0n) is 16.7. The fourth-order valence-corrected chi connectivity index (χ4v) is 4.29. The number of nitrogens with zero attached hydrogens (tertiary/aromatic N) is 3. The predicted molar refractivity (Wildman–Crippen MR) is 115 cm³/mol. The molecule has 0 unspecified atom stereocenters. The van der Waals surface area contributed by atoms with E-state index in [0.29, 0.717) is 33.7 Å². The zero-order valence-corrected chi connectivity index (χ0v) is 17.4. The number of aromatic amines is 1. The molecule has 0 radical (unpaired) electrons. The molecule has 154 valence electrons. The van der Waals surface area contributed by atoms with E-state index in [-0.39, 0.29) is 12.2 Å². The van der Waals surface area contributed by atoms with E-state index < -0.39 is 0 Å². The lowest BCUT2D eigenvalue weighted by molar-refractivity contribution is 0.120. The van der Waals surface area contributed by atoms with E-state index in [1.165, 1.54) is 25.7 Å². The van der Waals surface area contributed by atoms with Crippen LogP contribution >= 0.6 is 11.6 Å². The fourth-order valence-electron chi connectivity index (χ4n) is 4.03. The topological polar surface area (TPSA) is 83.8 Å². The Kier molecular flexibility index (Phi) is 5.22. The molecule has 30 heavy (non-hydrogen) atoms. The van der Waals surface area contributed by atoms with Crippen LogP contribution in [0.4, 0.5) is 0 Å². The molecule has 0 spiro atoms. The molecule has 2 aliphatic rings. The average molecular weight is 423 g/mol. The molecule has 2 aliphatic carbocycles. The second-order valence-corrected chi connectivity index (χ2v) is 8.51. The Bertz CT molecular complexity index is 1110. The van der Waals surface area contributed by atoms with Gasteiger partial charge in [-0.3, -0.25) is 0 Å². The molecule has 2 fully saturated rings. The van der Waals surface area contributed by atoms with Crippen molar-refractivity contribution in [3.8, 4) is 29.1 Å². The van der Waals surface area contributed by atoms with Gasteiger partial charge in [0.05, 0.1) is 27.9 Å². The van der Waals surface area contributed by atoms with Crippen molar-refractivity contribution in [1.82, 2.24) is 15.0 Å². The molecule has 2 heterocycles. The molecular formula is C23H23ClN4O2. The molecule has 5 rings (SSSR count). The summed E-state index contributed by atoms with van der Waals surface area (Å²) in [6, 6.07) is 10.0. The van der Waals surface area contributed by atoms with Crippen LogP contribution in [0.5, 0.6) is 11.8 Å². The van der Waals surface area contributed by atoms with Crippen LogP contribution in [0.25, 0.3) is 22.4 Å². The number of hydrogen-bond acceptors (Lipinski definition) is 5. The van der Waals surface area contributed by atoms with Gasteiger partial charge in [0, 0.05) is 5.56 Å². The Morgan fingerprint density at radius 1 is 0.967 bits per heavy atom. The molecule has 0 aliphatic heterocycles. The summed E-state index contributed by atoms with van der Waals surface area (Å²) < 4.78 is 12.0. The average Bonchev–Trinajstić information content (AvgIpc) is 3.11. The fraction of sp³-hybridized carbons (Fsp3) is 0.435. The summed E-state index contributed by atoms with van der Waals surface area (Å²) >= 11 is 6.52. The van der Waals surface area contributed by atoms with Gasteiger partial charge in [-0.2, -0.15) is 10.2 Å². The van der Waals surface area contributed by atoms with Gasteiger partial charge in [-0.25, -0.2) is 4.98 Å². The van der Waals surface area contributed by atoms with E-state index in [2.05, 4.69) is 21.0 Å². The maximum absolute atomic E-state index is 9.58. The van der Waals surface area contributed by atoms with Crippen molar-refractivity contribution in [2.24, 2.45) is 0 Å². The van der Waals surface area contributed by atoms with E-state index >= 15 is 0 Å². The summed E-state index contributed by atoms with van der Waals surface area (Å²) in [5.41, 5.74) is 3.12. The summed E-state index contributed by atoms with van der Waals surface area (Å²) in [5, 5.41) is 10.1. The van der Waals surface area contributed by atoms with E-state index in [9.17, 15) is 5.26 Å². The lowest BCUT2D eigenvalue weighted by Crippen LogP contribution is -2.24. The molecule has 1 N–H and O–H groups in total. The first kappa shape index (κ1) is 19.2. The minimum Gasteiger partial charge on any atom is -0.489 e. The van der Waals surface area contributed by atoms with Crippen LogP contribution in [0.15, 0.2) is 24.3 Å². The van der Waals surface area contributed by atoms with Gasteiger partial charge >= 0.3 is 0 Å². The summed E-state index contributed by atoms with van der Waals surface area (Å²) in [5.74, 6) is 0.617. The van der Waals surface area contributed by atoms with Gasteiger partial charge in [0.1, 0.15) is 17.9 Å². The highest BCUT2D eigenvalue weighted by molar-refractivity contribution is 6.33. The number of aromatic nitrogens is 3. The van der Waals surface area contributed by atoms with Crippen LogP contribution in [-0.2, 0) is 0 Å². The van der Waals surface area contributed by atoms with Gasteiger partial charge in [-0.1, -0.05) is 18.0 Å². The number of nitriles is 1. The Morgan fingerprint density at radius 2 is 1.73 bits per heavy atom. The van der Waals surface area contributed by atoms with Crippen molar-refractivity contribution < 1.29 is 9.47 Å². The molecule has 7 heteroatoms. The minimum absolute atomic E-state index is 0.204. The first-order valence-corrected chi connectivity index (χ1v) is 11.0. The SMILES string of the molecule is N#Cc1cc(-c2nc3nc(OC4CCCCC4)[nH]c3cc2Cl)ccc1OC1CCC1. The van der Waals surface area contributed by atoms with E-state index in [1.54, 1.807) is 6.07 Å². The molecule has 0 amide bonds. The summed E-state index contributed by atoms with van der Waals surface area (Å²) in [7, 11) is 0. The van der Waals surface area contributed by atoms with Crippen molar-refractivity contribution in [3.63, 3.8) is 0 Å². The van der Waals surface area contributed by atoms with E-state index in [0.717, 1.165) is 36.8 Å². The summed E-state index contributed by atoms with van der Waals surface area (Å²) in [6.07, 6.45) is 9.47. The zero-order chi connectivity index (χ0) is 20.5. The largest absolute Gasteiger partial charge is 0.489 e. The van der Waals surface area contributed by atoms with Gasteiger partial charge in [0.15, 0.2) is 5.65 Å². The van der Waals surface area contributed by atoms with Gasteiger partial charge in [-0.15, -0.1) is 0 Å². The van der Waals surface area contributed by atoms with E-state index in [4.69, 9.17) is 21.1 Å². The highest BCUT2D eigenvalue weighted by Crippen LogP contribution is 2.34. The van der Waals surface area contributed by atoms with Crippen LogP contribution in [0.3, 0.4) is 0 Å². The van der Waals surface area contributed by atoms with Crippen molar-refractivity contribution >= 4 is 22.8 Å². The van der Waals surface area contributed by atoms with Crippen molar-refractivity contribution in [1.29, 1.82) is 5.26 Å². The molecule has 6 nitrogen and oxygen atoms in total. The molecule has 2 aromatic heterocycles. The molecule has 0 saturated heterocycles. The number of ether oxygens (including phenoxy) is 2. The molecule has 0 bridgehead atoms. The molecule has 3 aromatic rings. The van der Waals surface area contributed by atoms with Crippen LogP contribution in [-0.4, -0.2) is 27.2 Å². The van der Waals surface area contributed by atoms with Crippen LogP contribution < -0.4 is 9.47 Å². The maximum atomic E-state index is 9.58. The number of pyridine rings is 1. The predicted octanol–water partition coefficient (Wildman–Crippen LogP) is 5.79. The lowest BCUT2D eigenvalue weighted by atomic mass is 9.96. The Hall–Kier alpha value is -2.78. The van der Waals surface area contributed by atoms with Crippen molar-refractivity contribution in [3.05, 3.63) is 34.9 Å². The van der Waals surface area contributed by atoms with Crippen molar-refractivity contribution in [2.75, 3.05) is 0 Å². The third-order valence-electron chi connectivity index (χ3n) is 5.95. The number of rotatable bonds is 5. The highest BCUT2D eigenvalue weighted by atomic mass is 35.5. The van der Waals surface area contributed by atoms with Crippen molar-refractivity contribution in [2.45, 2.75) is 63.6 Å². The number of nitrogens with one attached hydrogen (secondary N) is 1. The van der Waals surface area contributed by atoms with E-state index in [1.807, 2.05) is 18.2 Å². The van der Waals surface area contributed by atoms with Gasteiger partial charge in [0.25, 0.3) is 6.01 Å². The normalized spacial score (nSPS) is 17.5. The quantitative estimate of drug-likeness (QED) is 0.562. The Balaban J connectivity index is 1.43. The molecule has 1 aromatic carbocycles. The number of imidazole rings is 1. The maximum Gasteiger partial charge on any atom is 0.296 e. The Morgan fingerprint density at radius 3 is 2.47 bits per heavy atom. The van der Waals surface area contributed by atoms with Crippen LogP contribution in [0, 0.1) is 11.3 Å². The third kappa shape index (κ3) is 3.82. The smallest absolute Gasteiger partial charge is 0.296 e. The number of halogens is 1. The minimum atomic E-state index is 0.204. The molecule has 2 saturated carbocycles. The summed E-state index contributed by atoms with van der Waals surface area (Å²) in [6.45, 7) is 0. The number of benzene rings is 1. The van der Waals surface area contributed by atoms with Gasteiger partial charge in [0.2, 0.25) is 0 Å². The molecular weight excluding hydrogens is 400 g/mol. The number of H-pyrrole nitrogens is 1. The first-order chi connectivity index (χ1) is 14.7. The monoisotopic (exact) mass is 422 g/mol. The first-order valence-electron chi connectivity index (χ1n) is 10.6. The summed E-state index contributed by atoms with van der Waals surface area (Å²) in [4.78, 5) is 12.3. The van der Waals surface area contributed by atoms with Crippen LogP contribution in [0.2, 0.25) is 5.02 Å². The van der Waals surface area contributed by atoms with Gasteiger partial charge in [-0.05, 0) is 69.2 Å². The Labute approximate surface area is 180 Å². The highest BCUT2D eigenvalue weighted by Gasteiger charge is 2.21. The number of fused-ring (bicyclic) bond motifs is 1. The third-order valence-corrected chi connectivity index (χ3v) is 6.24. The number of hydrogen-bond donors (Lipinski definition) is 1. The second-order valence-electron chi connectivity index (χ2n) is 8.10. The molecule has 0 atom stereocenters. The standard InChI is InChI=1S/C23H23ClN4O2/c24-18-12-19-22(28-23(26-19)30-17-5-2-1-3-6-17)27-21(18)14-9-10-20(15(11-14)13-25)29-16-7-4-8-16/h9-12,16-17H,1-8H2,(H,26,27,28). The second kappa shape index (κ2) is 8.16. The lowest BCUT2D eigenvalue weighted by Gasteiger charge is -2.26. The van der Waals surface area contributed by atoms with Crippen LogP contribution in [0.1, 0.15) is 56.9 Å². The van der Waals surface area contributed by atoms with Gasteiger partial charge < -0.3 is 14.5 Å².